The second-order valence-corrected chi connectivity index (χ2v) is 4.56. The van der Waals surface area contributed by atoms with E-state index in [-0.39, 0.29) is 0 Å². The fourth-order valence-corrected chi connectivity index (χ4v) is 2.20. The molecule has 0 bridgehead atoms. The first-order valence-corrected chi connectivity index (χ1v) is 6.67. The zero-order chi connectivity index (χ0) is 14.8. The lowest BCUT2D eigenvalue weighted by Gasteiger charge is -2.09. The summed E-state index contributed by atoms with van der Waals surface area (Å²) in [5, 5.41) is 3.02. The molecular formula is C15H14FN5. The number of pyridine rings is 2. The van der Waals surface area contributed by atoms with Crippen LogP contribution in [0.25, 0.3) is 22.4 Å². The Hall–Kier alpha value is -2.63. The van der Waals surface area contributed by atoms with Gasteiger partial charge in [-0.2, -0.15) is 0 Å². The van der Waals surface area contributed by atoms with Crippen LogP contribution in [0, 0.1) is 5.82 Å². The number of anilines is 1. The van der Waals surface area contributed by atoms with Crippen molar-refractivity contribution in [1.82, 2.24) is 19.9 Å². The molecule has 3 aromatic heterocycles. The molecule has 1 N–H and O–H groups in total. The van der Waals surface area contributed by atoms with Crippen molar-refractivity contribution in [3.05, 3.63) is 42.1 Å². The van der Waals surface area contributed by atoms with Gasteiger partial charge in [-0.3, -0.25) is 9.97 Å². The van der Waals surface area contributed by atoms with Gasteiger partial charge in [-0.15, -0.1) is 0 Å². The van der Waals surface area contributed by atoms with E-state index in [4.69, 9.17) is 0 Å². The molecular weight excluding hydrogens is 269 g/mol. The average molecular weight is 283 g/mol. The van der Waals surface area contributed by atoms with E-state index in [1.165, 1.54) is 6.07 Å². The number of hydrogen-bond acceptors (Lipinski definition) is 5. The molecule has 3 aromatic rings. The number of hydrogen-bond donors (Lipinski definition) is 1. The van der Waals surface area contributed by atoms with E-state index >= 15 is 0 Å². The summed E-state index contributed by atoms with van der Waals surface area (Å²) in [6.07, 6.45) is 5.28. The van der Waals surface area contributed by atoms with E-state index < -0.39 is 5.82 Å². The van der Waals surface area contributed by atoms with E-state index in [1.54, 1.807) is 19.4 Å². The van der Waals surface area contributed by atoms with Crippen molar-refractivity contribution in [3.8, 4) is 11.4 Å². The molecule has 0 aliphatic heterocycles. The minimum Gasteiger partial charge on any atom is -0.371 e. The highest BCUT2D eigenvalue weighted by Gasteiger charge is 2.12. The second-order valence-electron chi connectivity index (χ2n) is 4.56. The first-order chi connectivity index (χ1) is 10.2. The van der Waals surface area contributed by atoms with Crippen LogP contribution in [0.4, 0.5) is 10.2 Å². The molecule has 0 atom stereocenters. The Morgan fingerprint density at radius 2 is 2.05 bits per heavy atom. The van der Waals surface area contributed by atoms with Crippen molar-refractivity contribution >= 4 is 16.9 Å². The fourth-order valence-electron chi connectivity index (χ4n) is 2.20. The third-order valence-corrected chi connectivity index (χ3v) is 3.25. The summed E-state index contributed by atoms with van der Waals surface area (Å²) in [5.41, 5.74) is 3.10. The predicted molar refractivity (Wildman–Crippen MR) is 79.4 cm³/mol. The Morgan fingerprint density at radius 1 is 1.19 bits per heavy atom. The van der Waals surface area contributed by atoms with Crippen molar-refractivity contribution in [1.29, 1.82) is 0 Å². The normalized spacial score (nSPS) is 10.8. The Labute approximate surface area is 121 Å². The Balaban J connectivity index is 2.30. The molecule has 0 radical (unpaired) electrons. The molecule has 0 fully saturated rings. The van der Waals surface area contributed by atoms with Crippen LogP contribution >= 0.6 is 0 Å². The highest BCUT2D eigenvalue weighted by molar-refractivity contribution is 5.89. The minimum atomic E-state index is -0.413. The average Bonchev–Trinajstić information content (AvgIpc) is 2.53. The molecule has 106 valence electrons. The van der Waals surface area contributed by atoms with E-state index in [1.807, 2.05) is 6.07 Å². The van der Waals surface area contributed by atoms with Gasteiger partial charge in [-0.05, 0) is 24.1 Å². The molecule has 3 heterocycles. The van der Waals surface area contributed by atoms with Gasteiger partial charge in [0.05, 0.1) is 11.7 Å². The quantitative estimate of drug-likeness (QED) is 0.800. The molecule has 5 nitrogen and oxygen atoms in total. The molecule has 0 saturated heterocycles. The van der Waals surface area contributed by atoms with E-state index in [0.717, 1.165) is 23.7 Å². The monoisotopic (exact) mass is 283 g/mol. The lowest BCUT2D eigenvalue weighted by molar-refractivity contribution is 0.622. The maximum Gasteiger partial charge on any atom is 0.163 e. The molecule has 3 rings (SSSR count). The van der Waals surface area contributed by atoms with E-state index in [0.29, 0.717) is 22.7 Å². The zero-order valence-corrected chi connectivity index (χ0v) is 11.8. The number of nitrogens with one attached hydrogen (secondary N) is 1. The topological polar surface area (TPSA) is 63.6 Å². The number of nitrogens with zero attached hydrogens (tertiary/aromatic N) is 4. The van der Waals surface area contributed by atoms with Crippen LogP contribution in [-0.2, 0) is 6.42 Å². The number of aromatic nitrogens is 4. The molecule has 0 aliphatic rings. The second kappa shape index (κ2) is 5.40. The molecule has 6 heteroatoms. The molecule has 0 unspecified atom stereocenters. The number of aryl methyl sites for hydroxylation is 1. The predicted octanol–water partition coefficient (Wildman–Crippen LogP) is 2.83. The van der Waals surface area contributed by atoms with Crippen LogP contribution in [0.3, 0.4) is 0 Å². The summed E-state index contributed by atoms with van der Waals surface area (Å²) in [6.45, 7) is 2.05. The molecule has 21 heavy (non-hydrogen) atoms. The Morgan fingerprint density at radius 3 is 2.76 bits per heavy atom. The van der Waals surface area contributed by atoms with Crippen LogP contribution in [0.2, 0.25) is 0 Å². The minimum absolute atomic E-state index is 0.413. The van der Waals surface area contributed by atoms with Crippen molar-refractivity contribution in [3.63, 3.8) is 0 Å². The van der Waals surface area contributed by atoms with Crippen LogP contribution in [0.15, 0.2) is 30.7 Å². The first kappa shape index (κ1) is 13.4. The molecule has 0 amide bonds. The lowest BCUT2D eigenvalue weighted by atomic mass is 10.1. The third kappa shape index (κ3) is 2.40. The highest BCUT2D eigenvalue weighted by Crippen LogP contribution is 2.25. The van der Waals surface area contributed by atoms with Crippen molar-refractivity contribution in [2.75, 3.05) is 12.4 Å². The SMILES string of the molecule is CCc1ccnc2c(NC)nc(-c3cncc(F)c3)nc12. The van der Waals surface area contributed by atoms with Gasteiger partial charge in [0.2, 0.25) is 0 Å². The largest absolute Gasteiger partial charge is 0.371 e. The fraction of sp³-hybridized carbons (Fsp3) is 0.200. The van der Waals surface area contributed by atoms with Crippen molar-refractivity contribution in [2.45, 2.75) is 13.3 Å². The molecule has 0 aromatic carbocycles. The standard InChI is InChI=1S/C15H14FN5/c1-3-9-4-5-19-13-12(9)20-14(21-15(13)17-2)10-6-11(16)8-18-7-10/h4-8H,3H2,1-2H3,(H,17,20,21). The van der Waals surface area contributed by atoms with Crippen LogP contribution in [0.1, 0.15) is 12.5 Å². The first-order valence-electron chi connectivity index (χ1n) is 6.67. The van der Waals surface area contributed by atoms with Gasteiger partial charge in [0.1, 0.15) is 11.3 Å². The van der Waals surface area contributed by atoms with Gasteiger partial charge >= 0.3 is 0 Å². The van der Waals surface area contributed by atoms with Gasteiger partial charge in [-0.1, -0.05) is 6.92 Å². The van der Waals surface area contributed by atoms with Crippen molar-refractivity contribution in [2.24, 2.45) is 0 Å². The Kier molecular flexibility index (Phi) is 3.43. The number of fused-ring (bicyclic) bond motifs is 1. The van der Waals surface area contributed by atoms with Gasteiger partial charge in [0.15, 0.2) is 11.6 Å². The van der Waals surface area contributed by atoms with Gasteiger partial charge in [0, 0.05) is 25.0 Å². The molecule has 0 aliphatic carbocycles. The summed E-state index contributed by atoms with van der Waals surface area (Å²) in [7, 11) is 1.77. The summed E-state index contributed by atoms with van der Waals surface area (Å²) >= 11 is 0. The lowest BCUT2D eigenvalue weighted by Crippen LogP contribution is -2.02. The number of halogens is 1. The van der Waals surface area contributed by atoms with Crippen molar-refractivity contribution < 1.29 is 4.39 Å². The van der Waals surface area contributed by atoms with Crippen LogP contribution in [0.5, 0.6) is 0 Å². The summed E-state index contributed by atoms with van der Waals surface area (Å²) in [5.74, 6) is 0.639. The number of rotatable bonds is 3. The highest BCUT2D eigenvalue weighted by atomic mass is 19.1. The van der Waals surface area contributed by atoms with E-state index in [9.17, 15) is 4.39 Å². The summed E-state index contributed by atoms with van der Waals surface area (Å²) in [4.78, 5) is 17.1. The van der Waals surface area contributed by atoms with Gasteiger partial charge < -0.3 is 5.32 Å². The van der Waals surface area contributed by atoms with E-state index in [2.05, 4.69) is 32.2 Å². The van der Waals surface area contributed by atoms with Gasteiger partial charge in [-0.25, -0.2) is 14.4 Å². The van der Waals surface area contributed by atoms with Crippen LogP contribution in [-0.4, -0.2) is 27.0 Å². The smallest absolute Gasteiger partial charge is 0.163 e. The maximum absolute atomic E-state index is 13.3. The Bertz CT molecular complexity index is 803. The molecule has 0 spiro atoms. The zero-order valence-electron chi connectivity index (χ0n) is 11.8. The third-order valence-electron chi connectivity index (χ3n) is 3.25. The maximum atomic E-state index is 13.3. The molecule has 0 saturated carbocycles. The van der Waals surface area contributed by atoms with Gasteiger partial charge in [0.25, 0.3) is 0 Å². The summed E-state index contributed by atoms with van der Waals surface area (Å²) < 4.78 is 13.3. The van der Waals surface area contributed by atoms with Crippen LogP contribution < -0.4 is 5.32 Å². The summed E-state index contributed by atoms with van der Waals surface area (Å²) in [6, 6.07) is 3.30.